The third kappa shape index (κ3) is 5.11. The number of carbonyl (C=O) groups is 1. The molecule has 1 heterocycles. The highest BCUT2D eigenvalue weighted by molar-refractivity contribution is 7.99. The minimum atomic E-state index is -0.0718. The zero-order valence-corrected chi connectivity index (χ0v) is 14.1. The van der Waals surface area contributed by atoms with Crippen molar-refractivity contribution in [2.45, 2.75) is 31.3 Å². The van der Waals surface area contributed by atoms with E-state index in [0.717, 1.165) is 5.56 Å². The van der Waals surface area contributed by atoms with Gasteiger partial charge in [0.1, 0.15) is 11.1 Å². The number of hydrogen-bond donors (Lipinski definition) is 1. The highest BCUT2D eigenvalue weighted by Gasteiger charge is 2.07. The average molecular weight is 325 g/mol. The van der Waals surface area contributed by atoms with E-state index in [1.807, 2.05) is 12.1 Å². The quantitative estimate of drug-likeness (QED) is 0.826. The molecule has 0 saturated heterocycles. The van der Waals surface area contributed by atoms with Gasteiger partial charge in [0.05, 0.1) is 11.3 Å². The van der Waals surface area contributed by atoms with E-state index in [4.69, 9.17) is 5.26 Å². The average Bonchev–Trinajstić information content (AvgIpc) is 2.58. The summed E-state index contributed by atoms with van der Waals surface area (Å²) in [5.41, 5.74) is 2.85. The van der Waals surface area contributed by atoms with E-state index in [2.05, 4.69) is 42.4 Å². The van der Waals surface area contributed by atoms with Crippen molar-refractivity contribution in [1.82, 2.24) is 10.3 Å². The first kappa shape index (κ1) is 17.0. The number of rotatable bonds is 6. The minimum absolute atomic E-state index is 0.0718. The van der Waals surface area contributed by atoms with E-state index in [0.29, 0.717) is 23.1 Å². The van der Waals surface area contributed by atoms with Gasteiger partial charge in [-0.2, -0.15) is 5.26 Å². The molecule has 4 nitrogen and oxygen atoms in total. The van der Waals surface area contributed by atoms with Crippen molar-refractivity contribution in [1.29, 1.82) is 5.26 Å². The molecule has 0 unspecified atom stereocenters. The van der Waals surface area contributed by atoms with E-state index in [1.165, 1.54) is 17.3 Å². The predicted molar refractivity (Wildman–Crippen MR) is 92.1 cm³/mol. The molecule has 0 bridgehead atoms. The minimum Gasteiger partial charge on any atom is -0.351 e. The number of aromatic nitrogens is 1. The first-order valence-electron chi connectivity index (χ1n) is 7.43. The Morgan fingerprint density at radius 2 is 2.04 bits per heavy atom. The molecule has 23 heavy (non-hydrogen) atoms. The molecule has 0 fully saturated rings. The maximum atomic E-state index is 11.9. The number of nitrogens with zero attached hydrogens (tertiary/aromatic N) is 2. The third-order valence-electron chi connectivity index (χ3n) is 3.37. The number of thioether (sulfide) groups is 1. The summed E-state index contributed by atoms with van der Waals surface area (Å²) >= 11 is 1.28. The SMILES string of the molecule is CC(C)c1ccc(CNC(=O)CSc2ncccc2C#N)cc1. The molecule has 0 atom stereocenters. The molecule has 118 valence electrons. The van der Waals surface area contributed by atoms with Crippen LogP contribution in [-0.4, -0.2) is 16.6 Å². The molecular weight excluding hydrogens is 306 g/mol. The Morgan fingerprint density at radius 1 is 1.30 bits per heavy atom. The van der Waals surface area contributed by atoms with Gasteiger partial charge in [-0.25, -0.2) is 4.98 Å². The van der Waals surface area contributed by atoms with Crippen LogP contribution in [0.1, 0.15) is 36.5 Å². The van der Waals surface area contributed by atoms with Gasteiger partial charge in [-0.05, 0) is 29.2 Å². The lowest BCUT2D eigenvalue weighted by Gasteiger charge is -2.08. The Morgan fingerprint density at radius 3 is 2.70 bits per heavy atom. The highest BCUT2D eigenvalue weighted by Crippen LogP contribution is 2.19. The van der Waals surface area contributed by atoms with Crippen LogP contribution in [0.4, 0.5) is 0 Å². The van der Waals surface area contributed by atoms with Crippen LogP contribution in [0.25, 0.3) is 0 Å². The van der Waals surface area contributed by atoms with E-state index < -0.39 is 0 Å². The second-order valence-electron chi connectivity index (χ2n) is 5.43. The van der Waals surface area contributed by atoms with Crippen LogP contribution < -0.4 is 5.32 Å². The van der Waals surface area contributed by atoms with Crippen molar-refractivity contribution in [2.24, 2.45) is 0 Å². The second-order valence-corrected chi connectivity index (χ2v) is 6.39. The summed E-state index contributed by atoms with van der Waals surface area (Å²) < 4.78 is 0. The standard InChI is InChI=1S/C18H19N3OS/c1-13(2)15-7-5-14(6-8-15)11-21-17(22)12-23-18-16(10-19)4-3-9-20-18/h3-9,13H,11-12H2,1-2H3,(H,21,22). The van der Waals surface area contributed by atoms with E-state index in [-0.39, 0.29) is 11.7 Å². The third-order valence-corrected chi connectivity index (χ3v) is 4.37. The van der Waals surface area contributed by atoms with Crippen molar-refractivity contribution in [2.75, 3.05) is 5.75 Å². The zero-order chi connectivity index (χ0) is 16.7. The normalized spacial score (nSPS) is 10.3. The van der Waals surface area contributed by atoms with Gasteiger partial charge in [0.25, 0.3) is 0 Å². The Labute approximate surface area is 140 Å². The molecule has 2 rings (SSSR count). The van der Waals surface area contributed by atoms with Crippen molar-refractivity contribution >= 4 is 17.7 Å². The van der Waals surface area contributed by atoms with Gasteiger partial charge in [-0.1, -0.05) is 49.9 Å². The molecule has 1 amide bonds. The number of carbonyl (C=O) groups excluding carboxylic acids is 1. The van der Waals surface area contributed by atoms with Crippen LogP contribution in [0.3, 0.4) is 0 Å². The monoisotopic (exact) mass is 325 g/mol. The van der Waals surface area contributed by atoms with Crippen LogP contribution in [-0.2, 0) is 11.3 Å². The number of amides is 1. The Bertz CT molecular complexity index is 705. The van der Waals surface area contributed by atoms with Crippen molar-refractivity contribution < 1.29 is 4.79 Å². The van der Waals surface area contributed by atoms with Gasteiger partial charge in [0, 0.05) is 12.7 Å². The van der Waals surface area contributed by atoms with Crippen LogP contribution >= 0.6 is 11.8 Å². The lowest BCUT2D eigenvalue weighted by molar-refractivity contribution is -0.118. The van der Waals surface area contributed by atoms with Gasteiger partial charge in [-0.15, -0.1) is 0 Å². The summed E-state index contributed by atoms with van der Waals surface area (Å²) in [6.45, 7) is 4.81. The number of pyridine rings is 1. The summed E-state index contributed by atoms with van der Waals surface area (Å²) in [4.78, 5) is 16.0. The zero-order valence-electron chi connectivity index (χ0n) is 13.2. The number of benzene rings is 1. The van der Waals surface area contributed by atoms with Gasteiger partial charge < -0.3 is 5.32 Å². The van der Waals surface area contributed by atoms with Crippen LogP contribution in [0.2, 0.25) is 0 Å². The summed E-state index contributed by atoms with van der Waals surface area (Å²) in [5, 5.41) is 12.5. The van der Waals surface area contributed by atoms with Crippen molar-refractivity contribution in [3.8, 4) is 6.07 Å². The maximum absolute atomic E-state index is 11.9. The molecule has 1 aromatic heterocycles. The smallest absolute Gasteiger partial charge is 0.230 e. The predicted octanol–water partition coefficient (Wildman–Crippen LogP) is 3.49. The highest BCUT2D eigenvalue weighted by atomic mass is 32.2. The number of nitrogens with one attached hydrogen (secondary N) is 1. The van der Waals surface area contributed by atoms with Gasteiger partial charge >= 0.3 is 0 Å². The Hall–Kier alpha value is -2.32. The second kappa shape index (κ2) is 8.35. The van der Waals surface area contributed by atoms with E-state index in [9.17, 15) is 4.79 Å². The summed E-state index contributed by atoms with van der Waals surface area (Å²) in [7, 11) is 0. The first-order chi connectivity index (χ1) is 11.1. The van der Waals surface area contributed by atoms with Gasteiger partial charge in [0.2, 0.25) is 5.91 Å². The van der Waals surface area contributed by atoms with E-state index >= 15 is 0 Å². The molecule has 1 N–H and O–H groups in total. The molecule has 0 radical (unpaired) electrons. The fraction of sp³-hybridized carbons (Fsp3) is 0.278. The van der Waals surface area contributed by atoms with Crippen LogP contribution in [0.15, 0.2) is 47.6 Å². The molecule has 0 spiro atoms. The summed E-state index contributed by atoms with van der Waals surface area (Å²) in [6.07, 6.45) is 1.62. The number of hydrogen-bond acceptors (Lipinski definition) is 4. The Kier molecular flexibility index (Phi) is 6.19. The molecule has 1 aromatic carbocycles. The van der Waals surface area contributed by atoms with Crippen molar-refractivity contribution in [3.63, 3.8) is 0 Å². The molecule has 0 saturated carbocycles. The van der Waals surface area contributed by atoms with E-state index in [1.54, 1.807) is 18.3 Å². The maximum Gasteiger partial charge on any atom is 0.230 e. The fourth-order valence-electron chi connectivity index (χ4n) is 2.00. The fourth-order valence-corrected chi connectivity index (χ4v) is 2.77. The first-order valence-corrected chi connectivity index (χ1v) is 8.42. The molecule has 0 aliphatic rings. The topological polar surface area (TPSA) is 65.8 Å². The van der Waals surface area contributed by atoms with Crippen LogP contribution in [0.5, 0.6) is 0 Å². The number of nitriles is 1. The van der Waals surface area contributed by atoms with Gasteiger partial charge in [0.15, 0.2) is 0 Å². The lowest BCUT2D eigenvalue weighted by Crippen LogP contribution is -2.24. The van der Waals surface area contributed by atoms with Crippen molar-refractivity contribution in [3.05, 3.63) is 59.3 Å². The largest absolute Gasteiger partial charge is 0.351 e. The summed E-state index contributed by atoms with van der Waals surface area (Å²) in [6, 6.07) is 13.7. The lowest BCUT2D eigenvalue weighted by atomic mass is 10.0. The Balaban J connectivity index is 1.82. The molecule has 2 aromatic rings. The van der Waals surface area contributed by atoms with Crippen LogP contribution in [0, 0.1) is 11.3 Å². The molecule has 0 aliphatic carbocycles. The molecule has 5 heteroatoms. The van der Waals surface area contributed by atoms with Gasteiger partial charge in [-0.3, -0.25) is 4.79 Å². The molecular formula is C18H19N3OS. The molecule has 0 aliphatic heterocycles. The summed E-state index contributed by atoms with van der Waals surface area (Å²) in [5.74, 6) is 0.677.